The molecule has 1 aromatic heterocycles. The fourth-order valence-electron chi connectivity index (χ4n) is 4.13. The number of ether oxygens (including phenoxy) is 1. The van der Waals surface area contributed by atoms with E-state index in [1.807, 2.05) is 6.92 Å². The number of alkyl halides is 3. The first-order valence-electron chi connectivity index (χ1n) is 13.0. The molecule has 2 atom stereocenters. The van der Waals surface area contributed by atoms with E-state index in [0.29, 0.717) is 28.8 Å². The molecule has 0 bridgehead atoms. The lowest BCUT2D eigenvalue weighted by Crippen LogP contribution is -2.33. The number of ketones is 1. The molecule has 0 aliphatic carbocycles. The lowest BCUT2D eigenvalue weighted by molar-refractivity contribution is -0.138. The summed E-state index contributed by atoms with van der Waals surface area (Å²) in [6.07, 6.45) is -3.37. The summed E-state index contributed by atoms with van der Waals surface area (Å²) in [6, 6.07) is 12.4. The standard InChI is InChI=1S/C30H32F4N2O4/c1-4-18(2)26(36-22-11-8-20(9-12-22)27(37)6-5-7-29(38)39)17-40-28-15-14-23(19(3)35-28)24-13-10-21(16-25(24)31)30(32,33)34/h8-16,18,26,36H,4-7,17H2,1-3H3,(H,38,39)/t18-,26+/m0/s1. The number of aryl methyl sites for hydroxylation is 1. The van der Waals surface area contributed by atoms with Gasteiger partial charge in [-0.05, 0) is 61.7 Å². The van der Waals surface area contributed by atoms with Gasteiger partial charge in [0, 0.05) is 47.0 Å². The molecule has 3 aromatic rings. The quantitative estimate of drug-likeness (QED) is 0.166. The third-order valence-electron chi connectivity index (χ3n) is 6.74. The van der Waals surface area contributed by atoms with E-state index in [1.165, 1.54) is 0 Å². The molecule has 0 saturated heterocycles. The number of pyridine rings is 1. The van der Waals surface area contributed by atoms with E-state index in [9.17, 15) is 27.2 Å². The summed E-state index contributed by atoms with van der Waals surface area (Å²) in [5, 5.41) is 12.2. The minimum absolute atomic E-state index is 0.0208. The summed E-state index contributed by atoms with van der Waals surface area (Å²) in [4.78, 5) is 27.3. The van der Waals surface area contributed by atoms with Gasteiger partial charge in [0.1, 0.15) is 12.4 Å². The zero-order chi connectivity index (χ0) is 29.4. The van der Waals surface area contributed by atoms with Gasteiger partial charge in [0.2, 0.25) is 5.88 Å². The molecule has 0 fully saturated rings. The number of nitrogens with one attached hydrogen (secondary N) is 1. The van der Waals surface area contributed by atoms with Gasteiger partial charge in [-0.3, -0.25) is 9.59 Å². The highest BCUT2D eigenvalue weighted by molar-refractivity contribution is 5.96. The van der Waals surface area contributed by atoms with Crippen molar-refractivity contribution in [2.24, 2.45) is 5.92 Å². The molecule has 214 valence electrons. The Morgan fingerprint density at radius 3 is 2.27 bits per heavy atom. The van der Waals surface area contributed by atoms with Crippen molar-refractivity contribution < 1.29 is 37.0 Å². The smallest absolute Gasteiger partial charge is 0.416 e. The van der Waals surface area contributed by atoms with Gasteiger partial charge in [-0.25, -0.2) is 9.37 Å². The predicted octanol–water partition coefficient (Wildman–Crippen LogP) is 7.56. The lowest BCUT2D eigenvalue weighted by Gasteiger charge is -2.25. The van der Waals surface area contributed by atoms with Crippen molar-refractivity contribution in [2.45, 2.75) is 58.7 Å². The van der Waals surface area contributed by atoms with Gasteiger partial charge in [0.25, 0.3) is 0 Å². The van der Waals surface area contributed by atoms with Crippen molar-refractivity contribution in [3.63, 3.8) is 0 Å². The molecule has 10 heteroatoms. The Hall–Kier alpha value is -3.95. The van der Waals surface area contributed by atoms with Gasteiger partial charge in [-0.1, -0.05) is 26.3 Å². The third-order valence-corrected chi connectivity index (χ3v) is 6.74. The molecule has 0 spiro atoms. The molecule has 0 amide bonds. The monoisotopic (exact) mass is 560 g/mol. The van der Waals surface area contributed by atoms with Crippen molar-refractivity contribution in [1.29, 1.82) is 0 Å². The molecular formula is C30H32F4N2O4. The SMILES string of the molecule is CC[C@H](C)[C@@H](COc1ccc(-c2ccc(C(F)(F)F)cc2F)c(C)n1)Nc1ccc(C(=O)CCCC(=O)O)cc1. The molecule has 0 aliphatic heterocycles. The van der Waals surface area contributed by atoms with E-state index in [2.05, 4.69) is 17.2 Å². The number of hydrogen-bond donors (Lipinski definition) is 2. The van der Waals surface area contributed by atoms with Crippen LogP contribution in [0.4, 0.5) is 23.2 Å². The summed E-state index contributed by atoms with van der Waals surface area (Å²) < 4.78 is 59.1. The number of hydrogen-bond acceptors (Lipinski definition) is 5. The zero-order valence-electron chi connectivity index (χ0n) is 22.5. The van der Waals surface area contributed by atoms with Gasteiger partial charge in [-0.15, -0.1) is 0 Å². The highest BCUT2D eigenvalue weighted by atomic mass is 19.4. The number of carbonyl (C=O) groups excluding carboxylic acids is 1. The largest absolute Gasteiger partial charge is 0.481 e. The number of halogens is 4. The lowest BCUT2D eigenvalue weighted by atomic mass is 9.99. The van der Waals surface area contributed by atoms with Crippen LogP contribution in [0, 0.1) is 18.7 Å². The average molecular weight is 561 g/mol. The number of carbonyl (C=O) groups is 2. The molecule has 6 nitrogen and oxygen atoms in total. The molecule has 0 saturated carbocycles. The van der Waals surface area contributed by atoms with Crippen LogP contribution in [0.25, 0.3) is 11.1 Å². The number of nitrogens with zero attached hydrogens (tertiary/aromatic N) is 1. The third kappa shape index (κ3) is 8.27. The van der Waals surface area contributed by atoms with Crippen LogP contribution in [-0.2, 0) is 11.0 Å². The number of rotatable bonds is 13. The van der Waals surface area contributed by atoms with Crippen molar-refractivity contribution in [2.75, 3.05) is 11.9 Å². The Balaban J connectivity index is 1.66. The Morgan fingerprint density at radius 1 is 1.02 bits per heavy atom. The van der Waals surface area contributed by atoms with Crippen molar-refractivity contribution in [3.8, 4) is 17.0 Å². The summed E-state index contributed by atoms with van der Waals surface area (Å²) in [7, 11) is 0. The molecule has 2 aromatic carbocycles. The molecule has 0 radical (unpaired) electrons. The van der Waals surface area contributed by atoms with Crippen LogP contribution < -0.4 is 10.1 Å². The van der Waals surface area contributed by atoms with Crippen molar-refractivity contribution in [1.82, 2.24) is 4.98 Å². The van der Waals surface area contributed by atoms with Crippen LogP contribution >= 0.6 is 0 Å². The van der Waals surface area contributed by atoms with E-state index in [0.717, 1.165) is 24.2 Å². The van der Waals surface area contributed by atoms with Crippen molar-refractivity contribution >= 4 is 17.4 Å². The first-order chi connectivity index (χ1) is 18.9. The van der Waals surface area contributed by atoms with E-state index < -0.39 is 23.5 Å². The van der Waals surface area contributed by atoms with Gasteiger partial charge in [0.05, 0.1) is 11.6 Å². The summed E-state index contributed by atoms with van der Waals surface area (Å²) in [5.74, 6) is -1.52. The average Bonchev–Trinajstić information content (AvgIpc) is 2.90. The van der Waals surface area contributed by atoms with Gasteiger partial charge >= 0.3 is 12.1 Å². The molecular weight excluding hydrogens is 528 g/mol. The minimum Gasteiger partial charge on any atom is -0.481 e. The van der Waals surface area contributed by atoms with Gasteiger partial charge < -0.3 is 15.2 Å². The molecule has 3 rings (SSSR count). The predicted molar refractivity (Wildman–Crippen MR) is 144 cm³/mol. The van der Waals surface area contributed by atoms with Crippen LogP contribution in [0.15, 0.2) is 54.6 Å². The highest BCUT2D eigenvalue weighted by Gasteiger charge is 2.31. The molecule has 0 aliphatic rings. The Kier molecular flexibility index (Phi) is 10.3. The summed E-state index contributed by atoms with van der Waals surface area (Å²) >= 11 is 0. The van der Waals surface area contributed by atoms with Gasteiger partial charge in [0.15, 0.2) is 5.78 Å². The van der Waals surface area contributed by atoms with Crippen LogP contribution in [-0.4, -0.2) is 34.5 Å². The fraction of sp³-hybridized carbons (Fsp3) is 0.367. The number of carboxylic acid groups (broad SMARTS) is 1. The van der Waals surface area contributed by atoms with E-state index in [4.69, 9.17) is 9.84 Å². The highest BCUT2D eigenvalue weighted by Crippen LogP contribution is 2.34. The normalized spacial score (nSPS) is 13.0. The molecule has 1 heterocycles. The van der Waals surface area contributed by atoms with Crippen LogP contribution in [0.2, 0.25) is 0 Å². The maximum absolute atomic E-state index is 14.5. The Labute approximate surface area is 230 Å². The second-order valence-corrected chi connectivity index (χ2v) is 9.67. The first-order valence-corrected chi connectivity index (χ1v) is 13.0. The van der Waals surface area contributed by atoms with Gasteiger partial charge in [-0.2, -0.15) is 13.2 Å². The number of benzene rings is 2. The maximum atomic E-state index is 14.5. The molecule has 0 unspecified atom stereocenters. The number of aliphatic carboxylic acids is 1. The Morgan fingerprint density at radius 2 is 1.70 bits per heavy atom. The van der Waals surface area contributed by atoms with E-state index >= 15 is 0 Å². The zero-order valence-corrected chi connectivity index (χ0v) is 22.5. The molecule has 40 heavy (non-hydrogen) atoms. The second-order valence-electron chi connectivity index (χ2n) is 9.67. The number of carboxylic acids is 1. The van der Waals surface area contributed by atoms with Crippen LogP contribution in [0.3, 0.4) is 0 Å². The van der Waals surface area contributed by atoms with Crippen LogP contribution in [0.5, 0.6) is 5.88 Å². The fourth-order valence-corrected chi connectivity index (χ4v) is 4.13. The minimum atomic E-state index is -4.63. The maximum Gasteiger partial charge on any atom is 0.416 e. The number of aromatic nitrogens is 1. The second kappa shape index (κ2) is 13.4. The van der Waals surface area contributed by atoms with E-state index in [1.54, 1.807) is 43.3 Å². The van der Waals surface area contributed by atoms with Crippen LogP contribution in [0.1, 0.15) is 61.1 Å². The van der Waals surface area contributed by atoms with E-state index in [-0.39, 0.29) is 49.2 Å². The first kappa shape index (κ1) is 30.6. The number of Topliss-reactive ketones (excluding diaryl/α,β-unsaturated/α-hetero) is 1. The Bertz CT molecular complexity index is 1330. The number of anilines is 1. The molecule has 2 N–H and O–H groups in total. The summed E-state index contributed by atoms with van der Waals surface area (Å²) in [5.41, 5.74) is 1.04. The topological polar surface area (TPSA) is 88.5 Å². The summed E-state index contributed by atoms with van der Waals surface area (Å²) in [6.45, 7) is 6.00. The van der Waals surface area contributed by atoms with Crippen molar-refractivity contribution in [3.05, 3.63) is 77.2 Å².